The number of carboxylic acid groups (broad SMARTS) is 1. The van der Waals surface area contributed by atoms with Crippen LogP contribution < -0.4 is 14.8 Å². The highest BCUT2D eigenvalue weighted by atomic mass is 16.5. The Balaban J connectivity index is 1.78. The lowest BCUT2D eigenvalue weighted by atomic mass is 9.72. The molecule has 0 unspecified atom stereocenters. The monoisotopic (exact) mass is 393 g/mol. The van der Waals surface area contributed by atoms with Gasteiger partial charge in [-0.2, -0.15) is 0 Å². The van der Waals surface area contributed by atoms with Crippen LogP contribution in [0.4, 0.5) is 0 Å². The molecule has 0 saturated heterocycles. The van der Waals surface area contributed by atoms with Gasteiger partial charge in [0.25, 0.3) is 5.91 Å². The Hall–Kier alpha value is -3.28. The molecule has 0 aromatic heterocycles. The number of methoxy groups -OCH3 is 2. The molecule has 0 radical (unpaired) electrons. The summed E-state index contributed by atoms with van der Waals surface area (Å²) in [5.41, 5.74) is -0.187. The van der Waals surface area contributed by atoms with Crippen LogP contribution in [-0.4, -0.2) is 36.7 Å². The summed E-state index contributed by atoms with van der Waals surface area (Å²) in [6.07, 6.45) is 4.66. The normalized spacial score (nSPS) is 26.9. The molecule has 2 aromatic rings. The Kier molecular flexibility index (Phi) is 4.78. The number of allylic oxidation sites excluding steroid dienone is 1. The molecule has 6 nitrogen and oxygen atoms in total. The third kappa shape index (κ3) is 2.95. The third-order valence-electron chi connectivity index (χ3n) is 6.10. The van der Waals surface area contributed by atoms with Gasteiger partial charge in [0.15, 0.2) is 17.0 Å². The van der Waals surface area contributed by atoms with Gasteiger partial charge in [0, 0.05) is 17.4 Å². The van der Waals surface area contributed by atoms with Crippen LogP contribution in [-0.2, 0) is 4.79 Å². The first-order chi connectivity index (χ1) is 14.0. The summed E-state index contributed by atoms with van der Waals surface area (Å²) in [7, 11) is 3.10. The van der Waals surface area contributed by atoms with Crippen molar-refractivity contribution in [1.29, 1.82) is 0 Å². The first-order valence-corrected chi connectivity index (χ1v) is 9.52. The molecule has 29 heavy (non-hydrogen) atoms. The molecule has 2 bridgehead atoms. The number of ether oxygens (including phenoxy) is 2. The van der Waals surface area contributed by atoms with E-state index < -0.39 is 17.4 Å². The van der Waals surface area contributed by atoms with Crippen LogP contribution in [0.1, 0.15) is 28.3 Å². The second-order valence-electron chi connectivity index (χ2n) is 7.48. The second-order valence-corrected chi connectivity index (χ2v) is 7.48. The summed E-state index contributed by atoms with van der Waals surface area (Å²) in [6, 6.07) is 14.1. The topological polar surface area (TPSA) is 84.9 Å². The maximum absolute atomic E-state index is 12.9. The molecule has 2 aliphatic carbocycles. The van der Waals surface area contributed by atoms with Crippen LogP contribution in [0.2, 0.25) is 0 Å². The van der Waals surface area contributed by atoms with Crippen molar-refractivity contribution in [2.24, 2.45) is 11.8 Å². The van der Waals surface area contributed by atoms with Gasteiger partial charge in [0.1, 0.15) is 0 Å². The number of amides is 1. The minimum absolute atomic E-state index is 0.0188. The van der Waals surface area contributed by atoms with Crippen molar-refractivity contribution in [2.75, 3.05) is 14.2 Å². The molecule has 0 spiro atoms. The Morgan fingerprint density at radius 2 is 1.76 bits per heavy atom. The number of benzene rings is 2. The summed E-state index contributed by atoms with van der Waals surface area (Å²) in [5, 5.41) is 13.2. The van der Waals surface area contributed by atoms with E-state index in [4.69, 9.17) is 9.47 Å². The van der Waals surface area contributed by atoms with E-state index >= 15 is 0 Å². The lowest BCUT2D eigenvalue weighted by Crippen LogP contribution is -2.60. The quantitative estimate of drug-likeness (QED) is 0.736. The summed E-state index contributed by atoms with van der Waals surface area (Å²) in [4.78, 5) is 25.6. The van der Waals surface area contributed by atoms with Crippen LogP contribution in [0.5, 0.6) is 11.5 Å². The van der Waals surface area contributed by atoms with Gasteiger partial charge < -0.3 is 19.9 Å². The lowest BCUT2D eigenvalue weighted by molar-refractivity contribution is -0.146. The summed E-state index contributed by atoms with van der Waals surface area (Å²) in [5.74, 6) is -0.990. The molecule has 2 aliphatic rings. The summed E-state index contributed by atoms with van der Waals surface area (Å²) < 4.78 is 10.7. The van der Waals surface area contributed by atoms with Crippen LogP contribution >= 0.6 is 0 Å². The molecule has 150 valence electrons. The highest BCUT2D eigenvalue weighted by Crippen LogP contribution is 2.56. The average molecular weight is 393 g/mol. The van der Waals surface area contributed by atoms with E-state index in [-0.39, 0.29) is 17.7 Å². The number of fused-ring (bicyclic) bond motifs is 2. The predicted octanol–water partition coefficient (Wildman–Crippen LogP) is 3.25. The molecule has 2 N–H and O–H groups in total. The number of hydrogen-bond acceptors (Lipinski definition) is 4. The van der Waals surface area contributed by atoms with Gasteiger partial charge in [0.2, 0.25) is 0 Å². The predicted molar refractivity (Wildman–Crippen MR) is 107 cm³/mol. The Morgan fingerprint density at radius 3 is 2.41 bits per heavy atom. The van der Waals surface area contributed by atoms with E-state index in [1.165, 1.54) is 0 Å². The van der Waals surface area contributed by atoms with Gasteiger partial charge in [-0.15, -0.1) is 0 Å². The standard InChI is InChI=1S/C23H23NO5/c1-28-18-11-9-16(13-19(18)29-2)20-15-8-10-17(12-15)23(20,22(26)27)24-21(25)14-6-4-3-5-7-14/h3-11,13,15,17,20H,12H2,1-2H3,(H,24,25)(H,26,27)/t15-,17+,20-,23-/m0/s1. The van der Waals surface area contributed by atoms with Gasteiger partial charge in [-0.25, -0.2) is 4.79 Å². The van der Waals surface area contributed by atoms with Crippen molar-refractivity contribution in [1.82, 2.24) is 5.32 Å². The van der Waals surface area contributed by atoms with Crippen LogP contribution in [0.3, 0.4) is 0 Å². The Labute approximate surface area is 169 Å². The molecule has 2 aromatic carbocycles. The fraction of sp³-hybridized carbons (Fsp3) is 0.304. The molecular weight excluding hydrogens is 370 g/mol. The average Bonchev–Trinajstić information content (AvgIpc) is 3.34. The number of carbonyl (C=O) groups excluding carboxylic acids is 1. The SMILES string of the molecule is COc1ccc([C@@H]2[C@H]3C=C[C@H](C3)[C@@]2(NC(=O)c2ccccc2)C(=O)O)cc1OC. The first kappa shape index (κ1) is 19.1. The van der Waals surface area contributed by atoms with Crippen LogP contribution in [0.15, 0.2) is 60.7 Å². The maximum Gasteiger partial charge on any atom is 0.330 e. The molecule has 1 saturated carbocycles. The third-order valence-corrected chi connectivity index (χ3v) is 6.10. The highest BCUT2D eigenvalue weighted by Gasteiger charge is 2.62. The minimum atomic E-state index is -1.42. The second kappa shape index (κ2) is 7.28. The van der Waals surface area contributed by atoms with E-state index in [0.29, 0.717) is 23.5 Å². The zero-order chi connectivity index (χ0) is 20.6. The Bertz CT molecular complexity index is 970. The number of carbonyl (C=O) groups is 2. The van der Waals surface area contributed by atoms with Crippen molar-refractivity contribution < 1.29 is 24.2 Å². The van der Waals surface area contributed by atoms with Gasteiger partial charge in [-0.05, 0) is 42.2 Å². The zero-order valence-corrected chi connectivity index (χ0v) is 16.3. The number of carboxylic acids is 1. The van der Waals surface area contributed by atoms with Gasteiger partial charge in [-0.3, -0.25) is 4.79 Å². The van der Waals surface area contributed by atoms with E-state index in [9.17, 15) is 14.7 Å². The highest BCUT2D eigenvalue weighted by molar-refractivity contribution is 5.99. The molecule has 4 rings (SSSR count). The van der Waals surface area contributed by atoms with E-state index in [2.05, 4.69) is 11.4 Å². The molecule has 0 heterocycles. The number of aliphatic carboxylic acids is 1. The number of rotatable bonds is 6. The largest absolute Gasteiger partial charge is 0.493 e. The molecule has 6 heteroatoms. The fourth-order valence-corrected chi connectivity index (χ4v) is 4.80. The van der Waals surface area contributed by atoms with E-state index in [0.717, 1.165) is 5.56 Å². The van der Waals surface area contributed by atoms with Crippen molar-refractivity contribution in [3.8, 4) is 11.5 Å². The Morgan fingerprint density at radius 1 is 1.03 bits per heavy atom. The minimum Gasteiger partial charge on any atom is -0.493 e. The van der Waals surface area contributed by atoms with Gasteiger partial charge in [-0.1, -0.05) is 36.4 Å². The van der Waals surface area contributed by atoms with Gasteiger partial charge >= 0.3 is 5.97 Å². The first-order valence-electron chi connectivity index (χ1n) is 9.52. The van der Waals surface area contributed by atoms with E-state index in [1.807, 2.05) is 24.3 Å². The summed E-state index contributed by atoms with van der Waals surface area (Å²) >= 11 is 0. The molecule has 1 fully saturated rings. The molecule has 0 aliphatic heterocycles. The van der Waals surface area contributed by atoms with Gasteiger partial charge in [0.05, 0.1) is 14.2 Å². The zero-order valence-electron chi connectivity index (χ0n) is 16.3. The lowest BCUT2D eigenvalue weighted by Gasteiger charge is -2.39. The van der Waals surface area contributed by atoms with E-state index in [1.54, 1.807) is 44.6 Å². The molecule has 4 atom stereocenters. The maximum atomic E-state index is 12.9. The fourth-order valence-electron chi connectivity index (χ4n) is 4.80. The van der Waals surface area contributed by atoms with Crippen molar-refractivity contribution in [2.45, 2.75) is 17.9 Å². The number of nitrogens with one attached hydrogen (secondary N) is 1. The van der Waals surface area contributed by atoms with Crippen molar-refractivity contribution in [3.63, 3.8) is 0 Å². The van der Waals surface area contributed by atoms with Crippen LogP contribution in [0.25, 0.3) is 0 Å². The van der Waals surface area contributed by atoms with Crippen molar-refractivity contribution in [3.05, 3.63) is 71.8 Å². The molecular formula is C23H23NO5. The smallest absolute Gasteiger partial charge is 0.330 e. The van der Waals surface area contributed by atoms with Crippen LogP contribution in [0, 0.1) is 11.8 Å². The molecule has 1 amide bonds. The van der Waals surface area contributed by atoms with Crippen molar-refractivity contribution >= 4 is 11.9 Å². The number of hydrogen-bond donors (Lipinski definition) is 2. The summed E-state index contributed by atoms with van der Waals surface area (Å²) in [6.45, 7) is 0.